The number of rotatable bonds is 3. The topological polar surface area (TPSA) is 98.7 Å². The Morgan fingerprint density at radius 2 is 2.14 bits per heavy atom. The molecule has 1 aliphatic carbocycles. The van der Waals surface area contributed by atoms with E-state index in [-0.39, 0.29) is 23.5 Å². The van der Waals surface area contributed by atoms with Crippen molar-refractivity contribution in [1.29, 1.82) is 0 Å². The Morgan fingerprint density at radius 3 is 2.86 bits per heavy atom. The molecule has 0 saturated heterocycles. The average molecular weight is 286 g/mol. The van der Waals surface area contributed by atoms with Crippen molar-refractivity contribution >= 4 is 11.7 Å². The SMILES string of the molecule is Nc1ncc(-n2ccnc2)nc1C(=O)NC1CCCCC1. The number of nitrogens with two attached hydrogens (primary N) is 1. The van der Waals surface area contributed by atoms with Crippen LogP contribution in [0.5, 0.6) is 0 Å². The predicted molar refractivity (Wildman–Crippen MR) is 77.9 cm³/mol. The molecule has 2 aromatic heterocycles. The minimum atomic E-state index is -0.256. The molecule has 1 saturated carbocycles. The quantitative estimate of drug-likeness (QED) is 0.886. The third-order valence-electron chi connectivity index (χ3n) is 3.71. The fourth-order valence-corrected chi connectivity index (χ4v) is 2.58. The van der Waals surface area contributed by atoms with Gasteiger partial charge in [0.25, 0.3) is 5.91 Å². The smallest absolute Gasteiger partial charge is 0.274 e. The maximum atomic E-state index is 12.3. The highest BCUT2D eigenvalue weighted by Crippen LogP contribution is 2.18. The van der Waals surface area contributed by atoms with Crippen LogP contribution in [-0.2, 0) is 0 Å². The van der Waals surface area contributed by atoms with Crippen LogP contribution in [0.1, 0.15) is 42.6 Å². The number of carbonyl (C=O) groups excluding carboxylic acids is 1. The van der Waals surface area contributed by atoms with Crippen molar-refractivity contribution in [1.82, 2.24) is 24.8 Å². The summed E-state index contributed by atoms with van der Waals surface area (Å²) in [4.78, 5) is 24.6. The highest BCUT2D eigenvalue weighted by atomic mass is 16.2. The summed E-state index contributed by atoms with van der Waals surface area (Å²) >= 11 is 0. The largest absolute Gasteiger partial charge is 0.382 e. The van der Waals surface area contributed by atoms with Crippen molar-refractivity contribution in [2.75, 3.05) is 5.73 Å². The third kappa shape index (κ3) is 3.01. The van der Waals surface area contributed by atoms with E-state index < -0.39 is 0 Å². The molecule has 2 aromatic rings. The van der Waals surface area contributed by atoms with Gasteiger partial charge in [0.2, 0.25) is 0 Å². The first kappa shape index (κ1) is 13.5. The van der Waals surface area contributed by atoms with Crippen molar-refractivity contribution in [2.45, 2.75) is 38.1 Å². The van der Waals surface area contributed by atoms with E-state index in [4.69, 9.17) is 5.73 Å². The van der Waals surface area contributed by atoms with Gasteiger partial charge in [-0.2, -0.15) is 0 Å². The third-order valence-corrected chi connectivity index (χ3v) is 3.71. The summed E-state index contributed by atoms with van der Waals surface area (Å²) in [6.45, 7) is 0. The lowest BCUT2D eigenvalue weighted by atomic mass is 9.95. The Balaban J connectivity index is 1.80. The molecular formula is C14H18N6O. The van der Waals surface area contributed by atoms with Crippen LogP contribution in [0.3, 0.4) is 0 Å². The second kappa shape index (κ2) is 5.90. The lowest BCUT2D eigenvalue weighted by Crippen LogP contribution is -2.37. The molecular weight excluding hydrogens is 268 g/mol. The van der Waals surface area contributed by atoms with Crippen molar-refractivity contribution < 1.29 is 4.79 Å². The molecule has 1 amide bonds. The van der Waals surface area contributed by atoms with Crippen LogP contribution in [0.25, 0.3) is 5.82 Å². The predicted octanol–water partition coefficient (Wildman–Crippen LogP) is 1.31. The van der Waals surface area contributed by atoms with Gasteiger partial charge in [-0.05, 0) is 12.8 Å². The zero-order chi connectivity index (χ0) is 14.7. The molecule has 0 bridgehead atoms. The Hall–Kier alpha value is -2.44. The first-order valence-electron chi connectivity index (χ1n) is 7.16. The van der Waals surface area contributed by atoms with Crippen LogP contribution >= 0.6 is 0 Å². The lowest BCUT2D eigenvalue weighted by Gasteiger charge is -2.22. The maximum Gasteiger partial charge on any atom is 0.274 e. The molecule has 0 radical (unpaired) electrons. The summed E-state index contributed by atoms with van der Waals surface area (Å²) in [7, 11) is 0. The molecule has 0 aromatic carbocycles. The minimum absolute atomic E-state index is 0.146. The summed E-state index contributed by atoms with van der Waals surface area (Å²) in [6, 6.07) is 0.212. The lowest BCUT2D eigenvalue weighted by molar-refractivity contribution is 0.0923. The van der Waals surface area contributed by atoms with Gasteiger partial charge >= 0.3 is 0 Å². The van der Waals surface area contributed by atoms with Gasteiger partial charge in [0.15, 0.2) is 17.3 Å². The van der Waals surface area contributed by atoms with Crippen LogP contribution in [-0.4, -0.2) is 31.5 Å². The Morgan fingerprint density at radius 1 is 1.33 bits per heavy atom. The number of aromatic nitrogens is 4. The van der Waals surface area contributed by atoms with Crippen LogP contribution in [0.15, 0.2) is 24.9 Å². The number of anilines is 1. The normalized spacial score (nSPS) is 15.8. The molecule has 0 atom stereocenters. The van der Waals surface area contributed by atoms with E-state index in [2.05, 4.69) is 20.3 Å². The number of nitrogens with zero attached hydrogens (tertiary/aromatic N) is 4. The fraction of sp³-hybridized carbons (Fsp3) is 0.429. The van der Waals surface area contributed by atoms with E-state index in [1.165, 1.54) is 12.6 Å². The molecule has 7 nitrogen and oxygen atoms in total. The molecule has 2 heterocycles. The van der Waals surface area contributed by atoms with E-state index in [0.717, 1.165) is 25.7 Å². The molecule has 1 fully saturated rings. The molecule has 0 spiro atoms. The molecule has 0 aliphatic heterocycles. The Bertz CT molecular complexity index is 618. The number of amides is 1. The van der Waals surface area contributed by atoms with Crippen molar-refractivity contribution in [3.05, 3.63) is 30.6 Å². The average Bonchev–Trinajstić information content (AvgIpc) is 3.03. The van der Waals surface area contributed by atoms with Gasteiger partial charge in [0, 0.05) is 18.4 Å². The fourth-order valence-electron chi connectivity index (χ4n) is 2.58. The monoisotopic (exact) mass is 286 g/mol. The minimum Gasteiger partial charge on any atom is -0.382 e. The maximum absolute atomic E-state index is 12.3. The van der Waals surface area contributed by atoms with Crippen molar-refractivity contribution in [3.63, 3.8) is 0 Å². The van der Waals surface area contributed by atoms with Crippen molar-refractivity contribution in [2.24, 2.45) is 0 Å². The van der Waals surface area contributed by atoms with Gasteiger partial charge in [-0.3, -0.25) is 9.36 Å². The number of imidazole rings is 1. The van der Waals surface area contributed by atoms with Crippen LogP contribution < -0.4 is 11.1 Å². The summed E-state index contributed by atoms with van der Waals surface area (Å²) < 4.78 is 1.68. The Labute approximate surface area is 122 Å². The second-order valence-corrected chi connectivity index (χ2v) is 5.24. The van der Waals surface area contributed by atoms with E-state index in [1.54, 1.807) is 23.3 Å². The van der Waals surface area contributed by atoms with Crippen LogP contribution in [0.2, 0.25) is 0 Å². The second-order valence-electron chi connectivity index (χ2n) is 5.24. The molecule has 21 heavy (non-hydrogen) atoms. The number of nitrogens with one attached hydrogen (secondary N) is 1. The van der Waals surface area contributed by atoms with E-state index in [1.807, 2.05) is 0 Å². The van der Waals surface area contributed by atoms with Gasteiger partial charge in [-0.15, -0.1) is 0 Å². The van der Waals surface area contributed by atoms with E-state index >= 15 is 0 Å². The Kier molecular flexibility index (Phi) is 3.81. The molecule has 0 unspecified atom stereocenters. The van der Waals surface area contributed by atoms with Gasteiger partial charge in [0.1, 0.15) is 6.33 Å². The highest BCUT2D eigenvalue weighted by molar-refractivity contribution is 5.96. The first-order valence-corrected chi connectivity index (χ1v) is 7.16. The number of hydrogen-bond donors (Lipinski definition) is 2. The standard InChI is InChI=1S/C14H18N6O/c15-13-12(14(21)18-10-4-2-1-3-5-10)19-11(8-17-13)20-7-6-16-9-20/h6-10H,1-5H2,(H2,15,17)(H,18,21). The zero-order valence-electron chi connectivity index (χ0n) is 11.7. The molecule has 110 valence electrons. The zero-order valence-corrected chi connectivity index (χ0v) is 11.7. The number of carbonyl (C=O) groups is 1. The van der Waals surface area contributed by atoms with Gasteiger partial charge in [-0.1, -0.05) is 19.3 Å². The summed E-state index contributed by atoms with van der Waals surface area (Å²) in [6.07, 6.45) is 12.1. The van der Waals surface area contributed by atoms with Crippen LogP contribution in [0, 0.1) is 0 Å². The van der Waals surface area contributed by atoms with E-state index in [0.29, 0.717) is 5.82 Å². The number of nitrogen functional groups attached to an aromatic ring is 1. The van der Waals surface area contributed by atoms with Gasteiger partial charge in [-0.25, -0.2) is 15.0 Å². The first-order chi connectivity index (χ1) is 10.2. The molecule has 3 N–H and O–H groups in total. The molecule has 1 aliphatic rings. The highest BCUT2D eigenvalue weighted by Gasteiger charge is 2.20. The van der Waals surface area contributed by atoms with Gasteiger partial charge < -0.3 is 11.1 Å². The summed E-state index contributed by atoms with van der Waals surface area (Å²) in [5, 5.41) is 3.00. The molecule has 7 heteroatoms. The summed E-state index contributed by atoms with van der Waals surface area (Å²) in [5.41, 5.74) is 5.96. The van der Waals surface area contributed by atoms with Crippen LogP contribution in [0.4, 0.5) is 5.82 Å². The summed E-state index contributed by atoms with van der Waals surface area (Å²) in [5.74, 6) is 0.413. The molecule has 3 rings (SSSR count). The number of hydrogen-bond acceptors (Lipinski definition) is 5. The van der Waals surface area contributed by atoms with Gasteiger partial charge in [0.05, 0.1) is 6.20 Å². The van der Waals surface area contributed by atoms with Crippen molar-refractivity contribution in [3.8, 4) is 5.82 Å². The van der Waals surface area contributed by atoms with E-state index in [9.17, 15) is 4.79 Å².